The Morgan fingerprint density at radius 2 is 1.79 bits per heavy atom. The summed E-state index contributed by atoms with van der Waals surface area (Å²) in [5, 5.41) is 7.64. The molecule has 0 aliphatic heterocycles. The maximum atomic E-state index is 13.0. The lowest BCUT2D eigenvalue weighted by molar-refractivity contribution is -0.118. The van der Waals surface area contributed by atoms with E-state index in [1.54, 1.807) is 0 Å². The van der Waals surface area contributed by atoms with Crippen LogP contribution >= 0.6 is 0 Å². The van der Waals surface area contributed by atoms with E-state index >= 15 is 0 Å². The molecule has 4 nitrogen and oxygen atoms in total. The van der Waals surface area contributed by atoms with Crippen LogP contribution in [0.1, 0.15) is 63.6 Å². The van der Waals surface area contributed by atoms with Crippen molar-refractivity contribution in [1.82, 2.24) is 9.78 Å². The van der Waals surface area contributed by atoms with Crippen molar-refractivity contribution in [1.29, 1.82) is 0 Å². The van der Waals surface area contributed by atoms with E-state index in [2.05, 4.69) is 38.1 Å². The van der Waals surface area contributed by atoms with Crippen LogP contribution in [0.3, 0.4) is 0 Å². The third-order valence-corrected chi connectivity index (χ3v) is 4.62. The Bertz CT molecular complexity index is 657. The standard InChI is InChI=1S/C20H29N3O/c1-6-17(7-2)23-19(15(5)13-21-23)22-20(24)18(14(3)4)16-11-9-8-10-12-16/h8-14,17-18H,6-7H2,1-5H3,(H,22,24)/t18-/m0/s1. The summed E-state index contributed by atoms with van der Waals surface area (Å²) in [7, 11) is 0. The second kappa shape index (κ2) is 8.13. The molecular formula is C20H29N3O. The van der Waals surface area contributed by atoms with Crippen LogP contribution in [-0.4, -0.2) is 15.7 Å². The first-order valence-electron chi connectivity index (χ1n) is 8.89. The number of nitrogens with one attached hydrogen (secondary N) is 1. The lowest BCUT2D eigenvalue weighted by atomic mass is 9.87. The number of aromatic nitrogens is 2. The number of carbonyl (C=O) groups excluding carboxylic acids is 1. The summed E-state index contributed by atoms with van der Waals surface area (Å²) >= 11 is 0. The lowest BCUT2D eigenvalue weighted by Gasteiger charge is -2.23. The molecule has 4 heteroatoms. The Hall–Kier alpha value is -2.10. The molecule has 1 aromatic heterocycles. The normalized spacial score (nSPS) is 12.6. The van der Waals surface area contributed by atoms with Crippen molar-refractivity contribution in [3.8, 4) is 0 Å². The van der Waals surface area contributed by atoms with E-state index in [4.69, 9.17) is 0 Å². The predicted octanol–water partition coefficient (Wildman–Crippen LogP) is 4.93. The number of anilines is 1. The summed E-state index contributed by atoms with van der Waals surface area (Å²) in [5.74, 6) is 0.912. The van der Waals surface area contributed by atoms with Crippen molar-refractivity contribution >= 4 is 11.7 Å². The average Bonchev–Trinajstić information content (AvgIpc) is 2.91. The molecule has 0 aliphatic carbocycles. The van der Waals surface area contributed by atoms with Crippen LogP contribution < -0.4 is 5.32 Å². The molecule has 1 amide bonds. The average molecular weight is 327 g/mol. The summed E-state index contributed by atoms with van der Waals surface area (Å²) in [6.45, 7) is 10.5. The van der Waals surface area contributed by atoms with E-state index in [0.29, 0.717) is 6.04 Å². The molecule has 1 heterocycles. The van der Waals surface area contributed by atoms with Crippen molar-refractivity contribution in [2.75, 3.05) is 5.32 Å². The summed E-state index contributed by atoms with van der Waals surface area (Å²) in [6.07, 6.45) is 3.82. The summed E-state index contributed by atoms with van der Waals surface area (Å²) in [6, 6.07) is 10.3. The molecular weight excluding hydrogens is 298 g/mol. The van der Waals surface area contributed by atoms with Crippen molar-refractivity contribution in [2.24, 2.45) is 5.92 Å². The Morgan fingerprint density at radius 1 is 1.17 bits per heavy atom. The maximum Gasteiger partial charge on any atom is 0.233 e. The molecule has 0 spiro atoms. The van der Waals surface area contributed by atoms with Gasteiger partial charge >= 0.3 is 0 Å². The monoisotopic (exact) mass is 327 g/mol. The molecule has 2 aromatic rings. The number of rotatable bonds is 7. The van der Waals surface area contributed by atoms with Gasteiger partial charge in [-0.25, -0.2) is 4.68 Å². The highest BCUT2D eigenvalue weighted by Gasteiger charge is 2.26. The van der Waals surface area contributed by atoms with Gasteiger partial charge in [0, 0.05) is 5.56 Å². The molecule has 0 saturated heterocycles. The highest BCUT2D eigenvalue weighted by molar-refractivity contribution is 5.96. The minimum atomic E-state index is -0.171. The molecule has 0 saturated carbocycles. The smallest absolute Gasteiger partial charge is 0.233 e. The number of hydrogen-bond donors (Lipinski definition) is 1. The SMILES string of the molecule is CCC(CC)n1ncc(C)c1NC(=O)[C@H](c1ccccc1)C(C)C. The summed E-state index contributed by atoms with van der Waals surface area (Å²) in [5.41, 5.74) is 2.06. The molecule has 24 heavy (non-hydrogen) atoms. The molecule has 0 unspecified atom stereocenters. The number of benzene rings is 1. The fourth-order valence-electron chi connectivity index (χ4n) is 3.21. The number of hydrogen-bond acceptors (Lipinski definition) is 2. The van der Waals surface area contributed by atoms with Gasteiger partial charge in [-0.3, -0.25) is 4.79 Å². The van der Waals surface area contributed by atoms with Gasteiger partial charge in [0.05, 0.1) is 18.2 Å². The highest BCUT2D eigenvalue weighted by atomic mass is 16.2. The zero-order valence-electron chi connectivity index (χ0n) is 15.4. The molecule has 1 N–H and O–H groups in total. The first-order valence-corrected chi connectivity index (χ1v) is 8.89. The minimum absolute atomic E-state index is 0.0343. The number of amides is 1. The van der Waals surface area contributed by atoms with Gasteiger partial charge in [-0.1, -0.05) is 58.0 Å². The number of aryl methyl sites for hydroxylation is 1. The van der Waals surface area contributed by atoms with E-state index in [9.17, 15) is 4.79 Å². The van der Waals surface area contributed by atoms with Crippen LogP contribution in [0.15, 0.2) is 36.5 Å². The van der Waals surface area contributed by atoms with Crippen LogP contribution in [0.5, 0.6) is 0 Å². The second-order valence-corrected chi connectivity index (χ2v) is 6.71. The van der Waals surface area contributed by atoms with Crippen molar-refractivity contribution in [2.45, 2.75) is 59.4 Å². The van der Waals surface area contributed by atoms with Gasteiger partial charge in [-0.2, -0.15) is 5.10 Å². The first kappa shape index (κ1) is 18.2. The van der Waals surface area contributed by atoms with Gasteiger partial charge in [0.25, 0.3) is 0 Å². The maximum absolute atomic E-state index is 13.0. The fraction of sp³-hybridized carbons (Fsp3) is 0.500. The van der Waals surface area contributed by atoms with E-state index < -0.39 is 0 Å². The molecule has 0 fully saturated rings. The molecule has 0 aliphatic rings. The Kier molecular flexibility index (Phi) is 6.18. The Labute approximate surface area is 145 Å². The molecule has 0 bridgehead atoms. The van der Waals surface area contributed by atoms with Gasteiger partial charge in [0.1, 0.15) is 5.82 Å². The molecule has 130 valence electrons. The van der Waals surface area contributed by atoms with Gasteiger partial charge in [-0.15, -0.1) is 0 Å². The van der Waals surface area contributed by atoms with Gasteiger partial charge in [0.2, 0.25) is 5.91 Å². The largest absolute Gasteiger partial charge is 0.310 e. The molecule has 2 rings (SSSR count). The summed E-state index contributed by atoms with van der Waals surface area (Å²) < 4.78 is 1.97. The Balaban J connectivity index is 2.30. The third-order valence-electron chi connectivity index (χ3n) is 4.62. The topological polar surface area (TPSA) is 46.9 Å². The van der Waals surface area contributed by atoms with Crippen LogP contribution in [0.25, 0.3) is 0 Å². The van der Waals surface area contributed by atoms with Crippen molar-refractivity contribution in [3.63, 3.8) is 0 Å². The number of carbonyl (C=O) groups is 1. The van der Waals surface area contributed by atoms with Gasteiger partial charge in [0.15, 0.2) is 0 Å². The van der Waals surface area contributed by atoms with E-state index in [1.165, 1.54) is 0 Å². The van der Waals surface area contributed by atoms with E-state index in [-0.39, 0.29) is 17.7 Å². The van der Waals surface area contributed by atoms with Crippen LogP contribution in [0.2, 0.25) is 0 Å². The molecule has 0 radical (unpaired) electrons. The van der Waals surface area contributed by atoms with Crippen LogP contribution in [-0.2, 0) is 4.79 Å². The van der Waals surface area contributed by atoms with Crippen molar-refractivity contribution < 1.29 is 4.79 Å². The zero-order valence-corrected chi connectivity index (χ0v) is 15.4. The van der Waals surface area contributed by atoms with E-state index in [0.717, 1.165) is 29.8 Å². The third kappa shape index (κ3) is 3.86. The predicted molar refractivity (Wildman–Crippen MR) is 99.2 cm³/mol. The second-order valence-electron chi connectivity index (χ2n) is 6.71. The Morgan fingerprint density at radius 3 is 2.33 bits per heavy atom. The molecule has 1 atom stereocenters. The molecule has 1 aromatic carbocycles. The van der Waals surface area contributed by atoms with Crippen LogP contribution in [0, 0.1) is 12.8 Å². The van der Waals surface area contributed by atoms with E-state index in [1.807, 2.05) is 48.1 Å². The van der Waals surface area contributed by atoms with Crippen molar-refractivity contribution in [3.05, 3.63) is 47.7 Å². The lowest BCUT2D eigenvalue weighted by Crippen LogP contribution is -2.27. The summed E-state index contributed by atoms with van der Waals surface area (Å²) in [4.78, 5) is 13.0. The number of nitrogens with zero attached hydrogens (tertiary/aromatic N) is 2. The fourth-order valence-corrected chi connectivity index (χ4v) is 3.21. The first-order chi connectivity index (χ1) is 11.5. The van der Waals surface area contributed by atoms with Gasteiger partial charge < -0.3 is 5.32 Å². The van der Waals surface area contributed by atoms with Crippen LogP contribution in [0.4, 0.5) is 5.82 Å². The minimum Gasteiger partial charge on any atom is -0.310 e. The zero-order chi connectivity index (χ0) is 17.7. The highest BCUT2D eigenvalue weighted by Crippen LogP contribution is 2.28. The quantitative estimate of drug-likeness (QED) is 0.783. The van der Waals surface area contributed by atoms with Gasteiger partial charge in [-0.05, 0) is 31.2 Å².